The zero-order valence-electron chi connectivity index (χ0n) is 16.6. The molecule has 1 aromatic heterocycles. The normalized spacial score (nSPS) is 14.8. The maximum atomic E-state index is 5.88. The second-order valence-electron chi connectivity index (χ2n) is 7.23. The van der Waals surface area contributed by atoms with Gasteiger partial charge in [-0.3, -0.25) is 0 Å². The molecule has 3 aromatic rings. The van der Waals surface area contributed by atoms with Crippen LogP contribution in [0.5, 0.6) is 5.75 Å². The molecule has 0 amide bonds. The standard InChI is InChI=1S/C23H27N3O2S/c1-3-8-21(9-4-1)29-18-22-24-25-23(28-22)19-10-12-20(13-11-19)27-17-7-16-26-14-5-2-6-15-26/h1,3-4,8-13H,2,5-7,14-18H2. The highest BCUT2D eigenvalue weighted by Gasteiger charge is 2.10. The van der Waals surface area contributed by atoms with Gasteiger partial charge in [0.2, 0.25) is 11.8 Å². The van der Waals surface area contributed by atoms with Crippen molar-refractivity contribution in [1.82, 2.24) is 15.1 Å². The van der Waals surface area contributed by atoms with Crippen molar-refractivity contribution in [2.24, 2.45) is 0 Å². The van der Waals surface area contributed by atoms with Crippen LogP contribution in [0.15, 0.2) is 63.9 Å². The third-order valence-corrected chi connectivity index (χ3v) is 6.01. The lowest BCUT2D eigenvalue weighted by atomic mass is 10.1. The van der Waals surface area contributed by atoms with E-state index in [-0.39, 0.29) is 0 Å². The largest absolute Gasteiger partial charge is 0.494 e. The molecule has 1 fully saturated rings. The Morgan fingerprint density at radius 2 is 1.72 bits per heavy atom. The molecular formula is C23H27N3O2S. The minimum Gasteiger partial charge on any atom is -0.494 e. The maximum Gasteiger partial charge on any atom is 0.247 e. The molecule has 1 saturated heterocycles. The lowest BCUT2D eigenvalue weighted by molar-refractivity contribution is 0.205. The monoisotopic (exact) mass is 409 g/mol. The molecular weight excluding hydrogens is 382 g/mol. The Bertz CT molecular complexity index is 861. The lowest BCUT2D eigenvalue weighted by Gasteiger charge is -2.26. The van der Waals surface area contributed by atoms with Crippen LogP contribution in [-0.4, -0.2) is 41.3 Å². The molecule has 0 atom stereocenters. The predicted octanol–water partition coefficient (Wildman–Crippen LogP) is 5.28. The summed E-state index contributed by atoms with van der Waals surface area (Å²) in [6.07, 6.45) is 5.12. The fourth-order valence-electron chi connectivity index (χ4n) is 3.45. The quantitative estimate of drug-likeness (QED) is 0.354. The molecule has 2 aromatic carbocycles. The van der Waals surface area contributed by atoms with Gasteiger partial charge in [0.05, 0.1) is 12.4 Å². The Morgan fingerprint density at radius 1 is 0.931 bits per heavy atom. The van der Waals surface area contributed by atoms with Crippen molar-refractivity contribution in [2.75, 3.05) is 26.2 Å². The van der Waals surface area contributed by atoms with E-state index in [4.69, 9.17) is 9.15 Å². The van der Waals surface area contributed by atoms with Crippen LogP contribution in [0.3, 0.4) is 0 Å². The van der Waals surface area contributed by atoms with Crippen molar-refractivity contribution in [3.63, 3.8) is 0 Å². The van der Waals surface area contributed by atoms with Crippen molar-refractivity contribution in [2.45, 2.75) is 36.3 Å². The van der Waals surface area contributed by atoms with Crippen LogP contribution in [0, 0.1) is 0 Å². The molecule has 5 nitrogen and oxygen atoms in total. The Balaban J connectivity index is 1.23. The second-order valence-corrected chi connectivity index (χ2v) is 8.28. The van der Waals surface area contributed by atoms with Gasteiger partial charge in [-0.1, -0.05) is 24.6 Å². The molecule has 0 saturated carbocycles. The third-order valence-electron chi connectivity index (χ3n) is 5.01. The summed E-state index contributed by atoms with van der Waals surface area (Å²) in [5.74, 6) is 2.72. The number of ether oxygens (including phenoxy) is 1. The van der Waals surface area contributed by atoms with Gasteiger partial charge >= 0.3 is 0 Å². The van der Waals surface area contributed by atoms with Crippen LogP contribution in [0.4, 0.5) is 0 Å². The Morgan fingerprint density at radius 3 is 2.52 bits per heavy atom. The first kappa shape index (κ1) is 20.0. The van der Waals surface area contributed by atoms with Gasteiger partial charge in [-0.2, -0.15) is 0 Å². The zero-order chi connectivity index (χ0) is 19.7. The van der Waals surface area contributed by atoms with Crippen LogP contribution in [-0.2, 0) is 5.75 Å². The van der Waals surface area contributed by atoms with Crippen molar-refractivity contribution in [3.05, 3.63) is 60.5 Å². The van der Waals surface area contributed by atoms with Gasteiger partial charge in [-0.05, 0) is 68.8 Å². The smallest absolute Gasteiger partial charge is 0.247 e. The second kappa shape index (κ2) is 10.5. The number of hydrogen-bond acceptors (Lipinski definition) is 6. The van der Waals surface area contributed by atoms with E-state index < -0.39 is 0 Å². The summed E-state index contributed by atoms with van der Waals surface area (Å²) in [5.41, 5.74) is 0.911. The molecule has 152 valence electrons. The number of piperidine rings is 1. The van der Waals surface area contributed by atoms with Crippen molar-refractivity contribution < 1.29 is 9.15 Å². The number of thioether (sulfide) groups is 1. The summed E-state index contributed by atoms with van der Waals surface area (Å²) in [6, 6.07) is 18.1. The molecule has 1 aliphatic rings. The molecule has 0 bridgehead atoms. The summed E-state index contributed by atoms with van der Waals surface area (Å²) in [5, 5.41) is 8.34. The summed E-state index contributed by atoms with van der Waals surface area (Å²) >= 11 is 1.69. The molecule has 2 heterocycles. The highest BCUT2D eigenvalue weighted by Crippen LogP contribution is 2.25. The van der Waals surface area contributed by atoms with E-state index in [9.17, 15) is 0 Å². The van der Waals surface area contributed by atoms with E-state index in [1.54, 1.807) is 11.8 Å². The van der Waals surface area contributed by atoms with E-state index in [1.807, 2.05) is 42.5 Å². The molecule has 1 aliphatic heterocycles. The van der Waals surface area contributed by atoms with Gasteiger partial charge in [0, 0.05) is 17.0 Å². The van der Waals surface area contributed by atoms with Crippen LogP contribution in [0.1, 0.15) is 31.6 Å². The molecule has 0 unspecified atom stereocenters. The molecule has 4 rings (SSSR count). The van der Waals surface area contributed by atoms with Crippen LogP contribution in [0.2, 0.25) is 0 Å². The summed E-state index contributed by atoms with van der Waals surface area (Å²) in [6.45, 7) is 4.36. The fourth-order valence-corrected chi connectivity index (χ4v) is 4.20. The van der Waals surface area contributed by atoms with Crippen molar-refractivity contribution >= 4 is 11.8 Å². The number of rotatable bonds is 9. The third kappa shape index (κ3) is 6.08. The minimum atomic E-state index is 0.547. The zero-order valence-corrected chi connectivity index (χ0v) is 17.4. The maximum absolute atomic E-state index is 5.88. The van der Waals surface area contributed by atoms with E-state index in [0.29, 0.717) is 17.5 Å². The molecule has 0 aliphatic carbocycles. The predicted molar refractivity (Wildman–Crippen MR) is 116 cm³/mol. The van der Waals surface area contributed by atoms with Gasteiger partial charge in [0.25, 0.3) is 0 Å². The van der Waals surface area contributed by atoms with Crippen LogP contribution in [0.25, 0.3) is 11.5 Å². The number of nitrogens with zero attached hydrogens (tertiary/aromatic N) is 3. The first-order chi connectivity index (χ1) is 14.4. The molecule has 29 heavy (non-hydrogen) atoms. The Hall–Kier alpha value is -2.31. The van der Waals surface area contributed by atoms with Crippen LogP contribution >= 0.6 is 11.8 Å². The van der Waals surface area contributed by atoms with E-state index in [2.05, 4.69) is 27.2 Å². The van der Waals surface area contributed by atoms with Gasteiger partial charge in [0.15, 0.2) is 0 Å². The summed E-state index contributed by atoms with van der Waals surface area (Å²) in [4.78, 5) is 3.73. The van der Waals surface area contributed by atoms with Gasteiger partial charge < -0.3 is 14.1 Å². The molecule has 0 radical (unpaired) electrons. The van der Waals surface area contributed by atoms with Crippen molar-refractivity contribution in [3.8, 4) is 17.2 Å². The lowest BCUT2D eigenvalue weighted by Crippen LogP contribution is -2.31. The van der Waals surface area contributed by atoms with Gasteiger partial charge in [0.1, 0.15) is 5.75 Å². The SMILES string of the molecule is c1ccc(SCc2nnc(-c3ccc(OCCCN4CCCCC4)cc3)o2)cc1. The number of likely N-dealkylation sites (tertiary alicyclic amines) is 1. The molecule has 0 N–H and O–H groups in total. The molecule has 6 heteroatoms. The number of benzene rings is 2. The van der Waals surface area contributed by atoms with Crippen molar-refractivity contribution in [1.29, 1.82) is 0 Å². The van der Waals surface area contributed by atoms with Gasteiger partial charge in [-0.15, -0.1) is 22.0 Å². The summed E-state index contributed by atoms with van der Waals surface area (Å²) in [7, 11) is 0. The highest BCUT2D eigenvalue weighted by molar-refractivity contribution is 7.98. The highest BCUT2D eigenvalue weighted by atomic mass is 32.2. The topological polar surface area (TPSA) is 51.4 Å². The minimum absolute atomic E-state index is 0.547. The van der Waals surface area contributed by atoms with Gasteiger partial charge in [-0.25, -0.2) is 0 Å². The summed E-state index contributed by atoms with van der Waals surface area (Å²) < 4.78 is 11.7. The average molecular weight is 410 g/mol. The van der Waals surface area contributed by atoms with Crippen LogP contribution < -0.4 is 4.74 Å². The first-order valence-corrected chi connectivity index (χ1v) is 11.3. The van der Waals surface area contributed by atoms with E-state index in [1.165, 1.54) is 37.2 Å². The Labute approximate surface area is 176 Å². The number of aromatic nitrogens is 2. The van der Waals surface area contributed by atoms with E-state index >= 15 is 0 Å². The number of hydrogen-bond donors (Lipinski definition) is 0. The Kier molecular flexibility index (Phi) is 7.21. The van der Waals surface area contributed by atoms with E-state index in [0.717, 1.165) is 30.9 Å². The average Bonchev–Trinajstić information content (AvgIpc) is 3.26. The first-order valence-electron chi connectivity index (χ1n) is 10.3. The fraction of sp³-hybridized carbons (Fsp3) is 0.391. The molecule has 0 spiro atoms.